The summed E-state index contributed by atoms with van der Waals surface area (Å²) in [5.41, 5.74) is 1.13. The van der Waals surface area contributed by atoms with Gasteiger partial charge in [-0.15, -0.1) is 0 Å². The lowest BCUT2D eigenvalue weighted by Crippen LogP contribution is -2.23. The molecule has 3 nitrogen and oxygen atoms in total. The number of aromatic nitrogens is 1. The van der Waals surface area contributed by atoms with Crippen molar-refractivity contribution < 1.29 is 4.79 Å². The number of rotatable bonds is 3. The van der Waals surface area contributed by atoms with Gasteiger partial charge in [0.25, 0.3) is 0 Å². The number of nitrogens with zero attached hydrogens (tertiary/aromatic N) is 1. The van der Waals surface area contributed by atoms with E-state index in [9.17, 15) is 4.79 Å². The largest absolute Gasteiger partial charge is 0.302 e. The van der Waals surface area contributed by atoms with Crippen LogP contribution in [0.2, 0.25) is 0 Å². The lowest BCUT2D eigenvalue weighted by molar-refractivity contribution is -0.120. The molecule has 1 unspecified atom stereocenters. The number of anilines is 1. The summed E-state index contributed by atoms with van der Waals surface area (Å²) in [4.78, 5) is 17.5. The summed E-state index contributed by atoms with van der Waals surface area (Å²) in [5.74, 6) is 0.174. The molecule has 1 aromatic heterocycles. The highest BCUT2D eigenvalue weighted by Gasteiger charge is 2.19. The Hall–Kier alpha value is -1.94. The summed E-state index contributed by atoms with van der Waals surface area (Å²) in [6.07, 6.45) is 8.80. The average Bonchev–Trinajstić information content (AvgIpc) is 2.97. The maximum absolute atomic E-state index is 12.1. The van der Waals surface area contributed by atoms with E-state index in [1.807, 2.05) is 36.5 Å². The highest BCUT2D eigenvalue weighted by atomic mass is 32.1. The number of hydrogen-bond acceptors (Lipinski definition) is 3. The summed E-state index contributed by atoms with van der Waals surface area (Å²) < 4.78 is 0. The van der Waals surface area contributed by atoms with Crippen LogP contribution in [0.15, 0.2) is 48.7 Å². The predicted molar refractivity (Wildman–Crippen MR) is 82.7 cm³/mol. The first kappa shape index (κ1) is 13.1. The molecule has 0 aliphatic heterocycles. The van der Waals surface area contributed by atoms with Crippen molar-refractivity contribution in [2.75, 3.05) is 5.32 Å². The quantitative estimate of drug-likeness (QED) is 0.862. The van der Waals surface area contributed by atoms with E-state index in [1.165, 1.54) is 11.3 Å². The molecule has 0 bridgehead atoms. The maximum atomic E-state index is 12.1. The van der Waals surface area contributed by atoms with E-state index in [1.54, 1.807) is 0 Å². The van der Waals surface area contributed by atoms with Crippen LogP contribution in [0, 0.1) is 5.92 Å². The molecule has 0 saturated heterocycles. The van der Waals surface area contributed by atoms with Gasteiger partial charge in [0.1, 0.15) is 0 Å². The second-order valence-corrected chi connectivity index (χ2v) is 5.90. The van der Waals surface area contributed by atoms with Crippen LogP contribution in [0.5, 0.6) is 0 Å². The number of hydrogen-bond donors (Lipinski definition) is 1. The number of carbonyl (C=O) groups excluding carboxylic acids is 1. The Morgan fingerprint density at radius 2 is 2.10 bits per heavy atom. The number of nitrogens with one attached hydrogen (secondary N) is 1. The van der Waals surface area contributed by atoms with Crippen molar-refractivity contribution in [3.8, 4) is 10.4 Å². The molecule has 0 fully saturated rings. The van der Waals surface area contributed by atoms with E-state index in [4.69, 9.17) is 0 Å². The second kappa shape index (κ2) is 6.01. The summed E-state index contributed by atoms with van der Waals surface area (Å²) in [5, 5.41) is 3.62. The van der Waals surface area contributed by atoms with E-state index in [2.05, 4.69) is 22.5 Å². The monoisotopic (exact) mass is 284 g/mol. The highest BCUT2D eigenvalue weighted by molar-refractivity contribution is 7.19. The van der Waals surface area contributed by atoms with E-state index in [-0.39, 0.29) is 11.8 Å². The Bertz CT molecular complexity index is 618. The summed E-state index contributed by atoms with van der Waals surface area (Å²) >= 11 is 1.52. The van der Waals surface area contributed by atoms with Gasteiger partial charge in [-0.2, -0.15) is 0 Å². The fourth-order valence-electron chi connectivity index (χ4n) is 2.31. The van der Waals surface area contributed by atoms with Crippen molar-refractivity contribution in [3.63, 3.8) is 0 Å². The third kappa shape index (κ3) is 2.96. The first-order valence-corrected chi connectivity index (χ1v) is 7.62. The lowest BCUT2D eigenvalue weighted by atomic mass is 9.94. The van der Waals surface area contributed by atoms with Gasteiger partial charge in [-0.1, -0.05) is 53.8 Å². The predicted octanol–water partition coefficient (Wildman–Crippen LogP) is 4.10. The topological polar surface area (TPSA) is 42.0 Å². The van der Waals surface area contributed by atoms with Gasteiger partial charge in [-0.3, -0.25) is 4.79 Å². The van der Waals surface area contributed by atoms with Crippen LogP contribution in [-0.2, 0) is 4.79 Å². The molecule has 1 heterocycles. The molecule has 1 aliphatic rings. The van der Waals surface area contributed by atoms with Crippen LogP contribution >= 0.6 is 11.3 Å². The van der Waals surface area contributed by atoms with Crippen molar-refractivity contribution >= 4 is 22.4 Å². The fourth-order valence-corrected chi connectivity index (χ4v) is 3.13. The van der Waals surface area contributed by atoms with Crippen molar-refractivity contribution in [1.82, 2.24) is 4.98 Å². The van der Waals surface area contributed by atoms with Gasteiger partial charge in [0, 0.05) is 12.1 Å². The molecule has 0 spiro atoms. The molecular weight excluding hydrogens is 268 g/mol. The molecule has 4 heteroatoms. The zero-order valence-electron chi connectivity index (χ0n) is 11.1. The molecule has 1 amide bonds. The van der Waals surface area contributed by atoms with Gasteiger partial charge >= 0.3 is 0 Å². The van der Waals surface area contributed by atoms with Crippen LogP contribution in [0.4, 0.5) is 5.13 Å². The van der Waals surface area contributed by atoms with E-state index < -0.39 is 0 Å². The Morgan fingerprint density at radius 1 is 1.25 bits per heavy atom. The average molecular weight is 284 g/mol. The number of thiazole rings is 1. The number of allylic oxidation sites excluding steroid dienone is 2. The highest BCUT2D eigenvalue weighted by Crippen LogP contribution is 2.29. The zero-order chi connectivity index (χ0) is 13.8. The Labute approximate surface area is 122 Å². The normalized spacial score (nSPS) is 17.9. The van der Waals surface area contributed by atoms with Crippen molar-refractivity contribution in [1.29, 1.82) is 0 Å². The molecule has 1 aromatic carbocycles. The van der Waals surface area contributed by atoms with E-state index in [0.29, 0.717) is 5.13 Å². The van der Waals surface area contributed by atoms with Crippen LogP contribution in [-0.4, -0.2) is 10.9 Å². The van der Waals surface area contributed by atoms with Crippen LogP contribution in [0.3, 0.4) is 0 Å². The fraction of sp³-hybridized carbons (Fsp3) is 0.250. The maximum Gasteiger partial charge on any atom is 0.229 e. The Kier molecular flexibility index (Phi) is 3.92. The molecular formula is C16H16N2OS. The molecule has 1 aliphatic carbocycles. The van der Waals surface area contributed by atoms with Gasteiger partial charge in [0.15, 0.2) is 5.13 Å². The molecule has 0 saturated carbocycles. The second-order valence-electron chi connectivity index (χ2n) is 4.87. The van der Waals surface area contributed by atoms with Crippen LogP contribution in [0.25, 0.3) is 10.4 Å². The molecule has 20 heavy (non-hydrogen) atoms. The summed E-state index contributed by atoms with van der Waals surface area (Å²) in [7, 11) is 0. The molecule has 102 valence electrons. The van der Waals surface area contributed by atoms with Gasteiger partial charge in [-0.25, -0.2) is 4.98 Å². The third-order valence-corrected chi connectivity index (χ3v) is 4.40. The van der Waals surface area contributed by atoms with Gasteiger partial charge in [-0.05, 0) is 24.8 Å². The van der Waals surface area contributed by atoms with Crippen molar-refractivity contribution in [2.45, 2.75) is 19.3 Å². The smallest absolute Gasteiger partial charge is 0.229 e. The van der Waals surface area contributed by atoms with Crippen molar-refractivity contribution in [3.05, 3.63) is 48.7 Å². The van der Waals surface area contributed by atoms with Gasteiger partial charge < -0.3 is 5.32 Å². The first-order valence-electron chi connectivity index (χ1n) is 6.80. The van der Waals surface area contributed by atoms with Crippen molar-refractivity contribution in [2.24, 2.45) is 5.92 Å². The molecule has 2 aromatic rings. The summed E-state index contributed by atoms with van der Waals surface area (Å²) in [6, 6.07) is 10.1. The van der Waals surface area contributed by atoms with Gasteiger partial charge in [0.2, 0.25) is 5.91 Å². The van der Waals surface area contributed by atoms with Gasteiger partial charge in [0.05, 0.1) is 4.88 Å². The Morgan fingerprint density at radius 3 is 2.85 bits per heavy atom. The number of amides is 1. The zero-order valence-corrected chi connectivity index (χ0v) is 11.9. The molecule has 1 atom stereocenters. The lowest BCUT2D eigenvalue weighted by Gasteiger charge is -2.15. The minimum absolute atomic E-state index is 0.0864. The summed E-state index contributed by atoms with van der Waals surface area (Å²) in [6.45, 7) is 0. The number of benzene rings is 1. The SMILES string of the molecule is O=C(Nc1ncc(-c2ccccc2)s1)C1CC=CCC1. The minimum atomic E-state index is 0.0864. The molecule has 0 radical (unpaired) electrons. The molecule has 1 N–H and O–H groups in total. The molecule has 3 rings (SSSR count). The van der Waals surface area contributed by atoms with E-state index in [0.717, 1.165) is 29.7 Å². The van der Waals surface area contributed by atoms with Crippen LogP contribution < -0.4 is 5.32 Å². The Balaban J connectivity index is 1.68. The van der Waals surface area contributed by atoms with E-state index >= 15 is 0 Å². The minimum Gasteiger partial charge on any atom is -0.302 e. The first-order chi connectivity index (χ1) is 9.83. The number of carbonyl (C=O) groups is 1. The standard InChI is InChI=1S/C16H16N2OS/c19-15(13-9-5-2-6-10-13)18-16-17-11-14(20-16)12-7-3-1-4-8-12/h1-5,7-8,11,13H,6,9-10H2,(H,17,18,19). The third-order valence-electron chi connectivity index (χ3n) is 3.43. The van der Waals surface area contributed by atoms with Crippen LogP contribution in [0.1, 0.15) is 19.3 Å².